The van der Waals surface area contributed by atoms with Crippen LogP contribution < -0.4 is 5.32 Å². The SMILES string of the molecule is Brc1cccc(C2CNC=N2)c1. The lowest BCUT2D eigenvalue weighted by atomic mass is 10.1. The zero-order valence-electron chi connectivity index (χ0n) is 6.50. The molecule has 1 aromatic carbocycles. The van der Waals surface area contributed by atoms with Gasteiger partial charge in [-0.2, -0.15) is 0 Å². The summed E-state index contributed by atoms with van der Waals surface area (Å²) in [5.41, 5.74) is 1.26. The van der Waals surface area contributed by atoms with E-state index in [0.717, 1.165) is 11.0 Å². The zero-order valence-corrected chi connectivity index (χ0v) is 8.08. The Hall–Kier alpha value is -0.830. The second kappa shape index (κ2) is 3.27. The third-order valence-corrected chi connectivity index (χ3v) is 2.38. The van der Waals surface area contributed by atoms with Gasteiger partial charge in [-0.3, -0.25) is 4.99 Å². The Morgan fingerprint density at radius 3 is 3.08 bits per heavy atom. The van der Waals surface area contributed by atoms with Gasteiger partial charge in [0.2, 0.25) is 0 Å². The van der Waals surface area contributed by atoms with E-state index in [0.29, 0.717) is 6.04 Å². The van der Waals surface area contributed by atoms with Crippen LogP contribution in [0.25, 0.3) is 0 Å². The normalized spacial score (nSPS) is 20.9. The standard InChI is InChI=1S/C9H9BrN2/c10-8-3-1-2-7(4-8)9-5-11-6-12-9/h1-4,6,9H,5H2,(H,11,12). The highest BCUT2D eigenvalue weighted by Crippen LogP contribution is 2.21. The van der Waals surface area contributed by atoms with Crippen molar-refractivity contribution in [3.05, 3.63) is 34.3 Å². The molecule has 0 radical (unpaired) electrons. The summed E-state index contributed by atoms with van der Waals surface area (Å²) in [4.78, 5) is 4.29. The van der Waals surface area contributed by atoms with Crippen molar-refractivity contribution in [1.82, 2.24) is 5.32 Å². The molecule has 0 saturated heterocycles. The summed E-state index contributed by atoms with van der Waals surface area (Å²) in [5, 5.41) is 3.08. The Balaban J connectivity index is 2.27. The number of aliphatic imine (C=N–C) groups is 1. The van der Waals surface area contributed by atoms with E-state index in [-0.39, 0.29) is 0 Å². The van der Waals surface area contributed by atoms with Crippen LogP contribution in [0.5, 0.6) is 0 Å². The first kappa shape index (κ1) is 7.80. The van der Waals surface area contributed by atoms with Crippen LogP contribution in [0.3, 0.4) is 0 Å². The van der Waals surface area contributed by atoms with Gasteiger partial charge in [0.05, 0.1) is 12.4 Å². The molecule has 1 atom stereocenters. The van der Waals surface area contributed by atoms with E-state index in [9.17, 15) is 0 Å². The van der Waals surface area contributed by atoms with E-state index in [1.165, 1.54) is 5.56 Å². The lowest BCUT2D eigenvalue weighted by Gasteiger charge is -2.05. The smallest absolute Gasteiger partial charge is 0.0939 e. The summed E-state index contributed by atoms with van der Waals surface area (Å²) in [6.45, 7) is 0.913. The van der Waals surface area contributed by atoms with Gasteiger partial charge < -0.3 is 5.32 Å². The molecule has 1 heterocycles. The van der Waals surface area contributed by atoms with Crippen LogP contribution in [0, 0.1) is 0 Å². The van der Waals surface area contributed by atoms with Gasteiger partial charge in [-0.1, -0.05) is 28.1 Å². The molecule has 0 bridgehead atoms. The zero-order chi connectivity index (χ0) is 8.39. The fourth-order valence-corrected chi connectivity index (χ4v) is 1.69. The molecule has 12 heavy (non-hydrogen) atoms. The first-order chi connectivity index (χ1) is 5.86. The molecule has 62 valence electrons. The topological polar surface area (TPSA) is 24.4 Å². The van der Waals surface area contributed by atoms with E-state index < -0.39 is 0 Å². The number of nitrogens with zero attached hydrogens (tertiary/aromatic N) is 1. The Morgan fingerprint density at radius 1 is 1.50 bits per heavy atom. The van der Waals surface area contributed by atoms with Crippen LogP contribution in [0.2, 0.25) is 0 Å². The number of hydrogen-bond acceptors (Lipinski definition) is 2. The molecule has 0 aromatic heterocycles. The molecule has 2 rings (SSSR count). The van der Waals surface area contributed by atoms with Gasteiger partial charge in [-0.15, -0.1) is 0 Å². The maximum Gasteiger partial charge on any atom is 0.0939 e. The minimum absolute atomic E-state index is 0.294. The van der Waals surface area contributed by atoms with Crippen LogP contribution in [0.4, 0.5) is 0 Å². The number of benzene rings is 1. The number of hydrogen-bond donors (Lipinski definition) is 1. The summed E-state index contributed by atoms with van der Waals surface area (Å²) in [6.07, 6.45) is 1.77. The summed E-state index contributed by atoms with van der Waals surface area (Å²) in [5.74, 6) is 0. The van der Waals surface area contributed by atoms with Crippen molar-refractivity contribution in [1.29, 1.82) is 0 Å². The minimum Gasteiger partial charge on any atom is -0.374 e. The summed E-state index contributed by atoms with van der Waals surface area (Å²) in [6, 6.07) is 8.56. The average molecular weight is 225 g/mol. The Labute approximate surface area is 79.8 Å². The van der Waals surface area contributed by atoms with E-state index >= 15 is 0 Å². The van der Waals surface area contributed by atoms with Crippen LogP contribution in [-0.2, 0) is 0 Å². The third-order valence-electron chi connectivity index (χ3n) is 1.89. The highest BCUT2D eigenvalue weighted by atomic mass is 79.9. The Morgan fingerprint density at radius 2 is 2.42 bits per heavy atom. The first-order valence-corrected chi connectivity index (χ1v) is 4.66. The highest BCUT2D eigenvalue weighted by molar-refractivity contribution is 9.10. The molecule has 2 nitrogen and oxygen atoms in total. The van der Waals surface area contributed by atoms with E-state index in [1.54, 1.807) is 6.34 Å². The lowest BCUT2D eigenvalue weighted by molar-refractivity contribution is 0.751. The monoisotopic (exact) mass is 224 g/mol. The quantitative estimate of drug-likeness (QED) is 0.777. The predicted molar refractivity (Wildman–Crippen MR) is 53.4 cm³/mol. The molecule has 1 N–H and O–H groups in total. The van der Waals surface area contributed by atoms with Gasteiger partial charge in [-0.05, 0) is 17.7 Å². The van der Waals surface area contributed by atoms with Crippen molar-refractivity contribution in [2.75, 3.05) is 6.54 Å². The second-order valence-corrected chi connectivity index (χ2v) is 3.67. The van der Waals surface area contributed by atoms with Crippen LogP contribution in [0.1, 0.15) is 11.6 Å². The molecular weight excluding hydrogens is 216 g/mol. The van der Waals surface area contributed by atoms with Crippen molar-refractivity contribution < 1.29 is 0 Å². The fourth-order valence-electron chi connectivity index (χ4n) is 1.28. The van der Waals surface area contributed by atoms with Gasteiger partial charge >= 0.3 is 0 Å². The molecule has 1 unspecified atom stereocenters. The molecular formula is C9H9BrN2. The number of halogens is 1. The molecule has 0 fully saturated rings. The molecule has 0 aliphatic carbocycles. The van der Waals surface area contributed by atoms with Gasteiger partial charge in [0.1, 0.15) is 0 Å². The largest absolute Gasteiger partial charge is 0.374 e. The van der Waals surface area contributed by atoms with Gasteiger partial charge in [-0.25, -0.2) is 0 Å². The van der Waals surface area contributed by atoms with Crippen molar-refractivity contribution in [2.45, 2.75) is 6.04 Å². The van der Waals surface area contributed by atoms with Gasteiger partial charge in [0.15, 0.2) is 0 Å². The van der Waals surface area contributed by atoms with Crippen LogP contribution >= 0.6 is 15.9 Å². The van der Waals surface area contributed by atoms with Crippen LogP contribution in [0.15, 0.2) is 33.7 Å². The maximum atomic E-state index is 4.29. The average Bonchev–Trinajstić information content (AvgIpc) is 2.56. The Kier molecular flexibility index (Phi) is 2.13. The summed E-state index contributed by atoms with van der Waals surface area (Å²) in [7, 11) is 0. The number of rotatable bonds is 1. The van der Waals surface area contributed by atoms with E-state index in [4.69, 9.17) is 0 Å². The fraction of sp³-hybridized carbons (Fsp3) is 0.222. The molecule has 0 spiro atoms. The highest BCUT2D eigenvalue weighted by Gasteiger charge is 2.11. The summed E-state index contributed by atoms with van der Waals surface area (Å²) < 4.78 is 1.11. The van der Waals surface area contributed by atoms with Crippen molar-refractivity contribution in [3.63, 3.8) is 0 Å². The van der Waals surface area contributed by atoms with E-state index in [1.807, 2.05) is 12.1 Å². The van der Waals surface area contributed by atoms with E-state index in [2.05, 4.69) is 38.4 Å². The van der Waals surface area contributed by atoms with Crippen LogP contribution in [-0.4, -0.2) is 12.9 Å². The maximum absolute atomic E-state index is 4.29. The minimum atomic E-state index is 0.294. The molecule has 3 heteroatoms. The molecule has 1 aliphatic rings. The van der Waals surface area contributed by atoms with Crippen molar-refractivity contribution >= 4 is 22.3 Å². The third kappa shape index (κ3) is 1.50. The molecule has 0 saturated carbocycles. The first-order valence-electron chi connectivity index (χ1n) is 3.87. The van der Waals surface area contributed by atoms with Crippen molar-refractivity contribution in [3.8, 4) is 0 Å². The lowest BCUT2D eigenvalue weighted by Crippen LogP contribution is -2.09. The molecule has 0 amide bonds. The van der Waals surface area contributed by atoms with Gasteiger partial charge in [0, 0.05) is 11.0 Å². The second-order valence-electron chi connectivity index (χ2n) is 2.76. The number of nitrogens with one attached hydrogen (secondary N) is 1. The summed E-state index contributed by atoms with van der Waals surface area (Å²) >= 11 is 3.44. The van der Waals surface area contributed by atoms with Crippen molar-refractivity contribution in [2.24, 2.45) is 4.99 Å². The predicted octanol–water partition coefficient (Wildman–Crippen LogP) is 2.12. The molecule has 1 aliphatic heterocycles. The molecule has 1 aromatic rings. The van der Waals surface area contributed by atoms with Gasteiger partial charge in [0.25, 0.3) is 0 Å². The Bertz CT molecular complexity index is 309.